The molecule has 180 valence electrons. The van der Waals surface area contributed by atoms with Gasteiger partial charge in [0, 0.05) is 5.69 Å². The van der Waals surface area contributed by atoms with Gasteiger partial charge in [0.15, 0.2) is 0 Å². The van der Waals surface area contributed by atoms with E-state index >= 15 is 0 Å². The van der Waals surface area contributed by atoms with E-state index in [0.717, 1.165) is 10.1 Å². The third-order valence-corrected chi connectivity index (χ3v) is 6.19. The summed E-state index contributed by atoms with van der Waals surface area (Å²) in [6.45, 7) is 2.21. The van der Waals surface area contributed by atoms with Gasteiger partial charge in [0.25, 0.3) is 5.56 Å². The van der Waals surface area contributed by atoms with Crippen LogP contribution < -0.4 is 21.3 Å². The number of hydrogen-bond donors (Lipinski definition) is 1. The topological polar surface area (TPSA) is 109 Å². The molecule has 35 heavy (non-hydrogen) atoms. The first-order valence-corrected chi connectivity index (χ1v) is 11.7. The fraction of sp³-hybridized carbons (Fsp3) is 0.200. The van der Waals surface area contributed by atoms with E-state index in [-0.39, 0.29) is 13.1 Å². The van der Waals surface area contributed by atoms with Gasteiger partial charge in [-0.1, -0.05) is 12.1 Å². The zero-order valence-electron chi connectivity index (χ0n) is 19.1. The lowest BCUT2D eigenvalue weighted by Crippen LogP contribution is -2.41. The molecule has 0 aliphatic heterocycles. The standard InChI is InChI=1S/C25H23N3O6S/c1-3-34-19-10-4-16(5-11-19)14-28-23(30)22-20(12-13-35-22)27(25(28)32)15-21(29)26-18-8-6-17(7-9-18)24(31)33-2/h4-13H,3,14-15H2,1-2H3,(H,26,29). The van der Waals surface area contributed by atoms with Crippen LogP contribution in [0.1, 0.15) is 22.8 Å². The smallest absolute Gasteiger partial charge is 0.337 e. The number of nitrogens with zero attached hydrogens (tertiary/aromatic N) is 2. The normalized spacial score (nSPS) is 10.8. The van der Waals surface area contributed by atoms with Crippen LogP contribution in [0.3, 0.4) is 0 Å². The number of benzene rings is 2. The number of anilines is 1. The van der Waals surface area contributed by atoms with Crippen molar-refractivity contribution in [2.45, 2.75) is 20.0 Å². The predicted octanol–water partition coefficient (Wildman–Crippen LogP) is 3.10. The van der Waals surface area contributed by atoms with E-state index in [1.165, 1.54) is 35.1 Å². The van der Waals surface area contributed by atoms with Gasteiger partial charge in [0.2, 0.25) is 5.91 Å². The van der Waals surface area contributed by atoms with Crippen LogP contribution in [0.5, 0.6) is 5.75 Å². The molecule has 2 heterocycles. The summed E-state index contributed by atoms with van der Waals surface area (Å²) >= 11 is 1.22. The third kappa shape index (κ3) is 5.17. The largest absolute Gasteiger partial charge is 0.494 e. The van der Waals surface area contributed by atoms with Gasteiger partial charge >= 0.3 is 11.7 Å². The fourth-order valence-electron chi connectivity index (χ4n) is 3.62. The maximum Gasteiger partial charge on any atom is 0.337 e. The van der Waals surface area contributed by atoms with Crippen molar-refractivity contribution in [1.82, 2.24) is 9.13 Å². The lowest BCUT2D eigenvalue weighted by atomic mass is 10.2. The van der Waals surface area contributed by atoms with Crippen LogP contribution in [0.25, 0.3) is 10.2 Å². The van der Waals surface area contributed by atoms with E-state index in [4.69, 9.17) is 4.74 Å². The maximum absolute atomic E-state index is 13.3. The van der Waals surface area contributed by atoms with Crippen molar-refractivity contribution in [3.05, 3.63) is 91.9 Å². The van der Waals surface area contributed by atoms with Gasteiger partial charge in [-0.2, -0.15) is 0 Å². The lowest BCUT2D eigenvalue weighted by molar-refractivity contribution is -0.116. The number of methoxy groups -OCH3 is 1. The van der Waals surface area contributed by atoms with Crippen molar-refractivity contribution in [3.8, 4) is 5.75 Å². The molecule has 0 aliphatic carbocycles. The number of fused-ring (bicyclic) bond motifs is 1. The van der Waals surface area contributed by atoms with Crippen LogP contribution in [0.4, 0.5) is 5.69 Å². The van der Waals surface area contributed by atoms with E-state index in [1.54, 1.807) is 47.8 Å². The highest BCUT2D eigenvalue weighted by atomic mass is 32.1. The summed E-state index contributed by atoms with van der Waals surface area (Å²) in [5.41, 5.74) is 0.993. The van der Waals surface area contributed by atoms with Crippen LogP contribution >= 0.6 is 11.3 Å². The molecule has 0 fully saturated rings. The number of ether oxygens (including phenoxy) is 2. The molecule has 1 amide bonds. The van der Waals surface area contributed by atoms with Gasteiger partial charge in [-0.15, -0.1) is 11.3 Å². The molecular formula is C25H23N3O6S. The number of carbonyl (C=O) groups excluding carboxylic acids is 2. The number of aromatic nitrogens is 2. The Morgan fingerprint density at radius 3 is 2.34 bits per heavy atom. The minimum atomic E-state index is -0.578. The number of amides is 1. The second-order valence-electron chi connectivity index (χ2n) is 7.59. The Hall–Kier alpha value is -4.18. The SMILES string of the molecule is CCOc1ccc(Cn2c(=O)c3sccc3n(CC(=O)Nc3ccc(C(=O)OC)cc3)c2=O)cc1. The van der Waals surface area contributed by atoms with E-state index in [2.05, 4.69) is 10.1 Å². The highest BCUT2D eigenvalue weighted by Gasteiger charge is 2.17. The Labute approximate surface area is 204 Å². The Bertz CT molecular complexity index is 1480. The quantitative estimate of drug-likeness (QED) is 0.378. The van der Waals surface area contributed by atoms with Crippen molar-refractivity contribution >= 4 is 39.1 Å². The van der Waals surface area contributed by atoms with Crippen LogP contribution in [0, 0.1) is 0 Å². The van der Waals surface area contributed by atoms with Crippen molar-refractivity contribution < 1.29 is 19.1 Å². The Kier molecular flexibility index (Phi) is 7.11. The van der Waals surface area contributed by atoms with Crippen LogP contribution in [0.15, 0.2) is 69.6 Å². The van der Waals surface area contributed by atoms with Crippen LogP contribution in [-0.2, 0) is 22.6 Å². The van der Waals surface area contributed by atoms with Crippen molar-refractivity contribution in [2.24, 2.45) is 0 Å². The van der Waals surface area contributed by atoms with Crippen LogP contribution in [-0.4, -0.2) is 34.7 Å². The minimum absolute atomic E-state index is 0.0640. The molecule has 0 aliphatic rings. The van der Waals surface area contributed by atoms with E-state index in [1.807, 2.05) is 6.92 Å². The second-order valence-corrected chi connectivity index (χ2v) is 8.51. The molecule has 0 bridgehead atoms. The number of hydrogen-bond acceptors (Lipinski definition) is 7. The zero-order valence-corrected chi connectivity index (χ0v) is 20.0. The van der Waals surface area contributed by atoms with Gasteiger partial charge < -0.3 is 14.8 Å². The molecule has 2 aromatic carbocycles. The molecule has 9 nitrogen and oxygen atoms in total. The summed E-state index contributed by atoms with van der Waals surface area (Å²) in [5, 5.41) is 4.43. The van der Waals surface area contributed by atoms with Gasteiger partial charge in [0.05, 0.1) is 31.3 Å². The highest BCUT2D eigenvalue weighted by molar-refractivity contribution is 7.17. The molecule has 0 radical (unpaired) electrons. The van der Waals surface area contributed by atoms with Crippen molar-refractivity contribution in [3.63, 3.8) is 0 Å². The Morgan fingerprint density at radius 1 is 0.971 bits per heavy atom. The number of esters is 1. The summed E-state index contributed by atoms with van der Waals surface area (Å²) in [4.78, 5) is 50.7. The number of thiophene rings is 1. The molecule has 10 heteroatoms. The number of carbonyl (C=O) groups is 2. The number of nitrogens with one attached hydrogen (secondary N) is 1. The predicted molar refractivity (Wildman–Crippen MR) is 133 cm³/mol. The molecule has 2 aromatic heterocycles. The molecule has 0 spiro atoms. The summed E-state index contributed by atoms with van der Waals surface area (Å²) < 4.78 is 12.9. The lowest BCUT2D eigenvalue weighted by Gasteiger charge is -2.13. The van der Waals surface area contributed by atoms with Crippen molar-refractivity contribution in [2.75, 3.05) is 19.0 Å². The van der Waals surface area contributed by atoms with Gasteiger partial charge in [-0.3, -0.25) is 18.7 Å². The maximum atomic E-state index is 13.3. The average molecular weight is 494 g/mol. The van der Waals surface area contributed by atoms with E-state index < -0.39 is 23.1 Å². The average Bonchev–Trinajstić information content (AvgIpc) is 3.36. The molecule has 4 rings (SSSR count). The summed E-state index contributed by atoms with van der Waals surface area (Å²) in [7, 11) is 1.29. The zero-order chi connectivity index (χ0) is 24.9. The Balaban J connectivity index is 1.60. The monoisotopic (exact) mass is 493 g/mol. The second kappa shape index (κ2) is 10.4. The van der Waals surface area contributed by atoms with Gasteiger partial charge in [0.1, 0.15) is 17.0 Å². The Morgan fingerprint density at radius 2 is 1.69 bits per heavy atom. The van der Waals surface area contributed by atoms with Crippen molar-refractivity contribution in [1.29, 1.82) is 0 Å². The highest BCUT2D eigenvalue weighted by Crippen LogP contribution is 2.17. The molecule has 1 N–H and O–H groups in total. The third-order valence-electron chi connectivity index (χ3n) is 5.30. The number of rotatable bonds is 8. The first kappa shape index (κ1) is 24.0. The minimum Gasteiger partial charge on any atom is -0.494 e. The molecular weight excluding hydrogens is 470 g/mol. The summed E-state index contributed by atoms with van der Waals surface area (Å²) in [6.07, 6.45) is 0. The molecule has 0 saturated carbocycles. The van der Waals surface area contributed by atoms with E-state index in [0.29, 0.717) is 33.8 Å². The first-order valence-electron chi connectivity index (χ1n) is 10.8. The van der Waals surface area contributed by atoms with E-state index in [9.17, 15) is 19.2 Å². The summed E-state index contributed by atoms with van der Waals surface area (Å²) in [5.74, 6) is -0.230. The molecule has 0 saturated heterocycles. The summed E-state index contributed by atoms with van der Waals surface area (Å²) in [6, 6.07) is 15.0. The molecule has 0 unspecified atom stereocenters. The molecule has 4 aromatic rings. The molecule has 0 atom stereocenters. The fourth-order valence-corrected chi connectivity index (χ4v) is 4.46. The van der Waals surface area contributed by atoms with Gasteiger partial charge in [-0.25, -0.2) is 9.59 Å². The first-order chi connectivity index (χ1) is 16.9. The van der Waals surface area contributed by atoms with Crippen LogP contribution in [0.2, 0.25) is 0 Å². The van der Waals surface area contributed by atoms with Gasteiger partial charge in [-0.05, 0) is 60.3 Å².